The second-order valence-electron chi connectivity index (χ2n) is 7.51. The highest BCUT2D eigenvalue weighted by Gasteiger charge is 2.26. The Balaban J connectivity index is 1.32. The molecule has 2 N–H and O–H groups in total. The second kappa shape index (κ2) is 9.13. The van der Waals surface area contributed by atoms with Gasteiger partial charge in [-0.25, -0.2) is 0 Å². The van der Waals surface area contributed by atoms with Crippen molar-refractivity contribution in [2.45, 2.75) is 25.3 Å². The quantitative estimate of drug-likeness (QED) is 0.579. The summed E-state index contributed by atoms with van der Waals surface area (Å²) in [6.45, 7) is 3.77. The van der Waals surface area contributed by atoms with E-state index in [-0.39, 0.29) is 18.5 Å². The number of guanidine groups is 1. The van der Waals surface area contributed by atoms with E-state index in [9.17, 15) is 4.79 Å². The summed E-state index contributed by atoms with van der Waals surface area (Å²) in [6, 6.07) is 12.2. The summed E-state index contributed by atoms with van der Waals surface area (Å²) in [4.78, 5) is 21.3. The molecular weight excluding hydrogens is 366 g/mol. The molecule has 0 radical (unpaired) electrons. The van der Waals surface area contributed by atoms with Crippen LogP contribution in [0.25, 0.3) is 0 Å². The zero-order valence-electron chi connectivity index (χ0n) is 16.9. The molecule has 7 heteroatoms. The van der Waals surface area contributed by atoms with Gasteiger partial charge in [0.1, 0.15) is 5.76 Å². The van der Waals surface area contributed by atoms with Crippen molar-refractivity contribution in [2.24, 2.45) is 4.99 Å². The molecule has 2 aliphatic heterocycles. The molecule has 0 aliphatic carbocycles. The van der Waals surface area contributed by atoms with E-state index in [1.807, 2.05) is 35.2 Å². The maximum atomic E-state index is 12.7. The molecule has 1 atom stereocenters. The summed E-state index contributed by atoms with van der Waals surface area (Å²) in [5.74, 6) is 1.64. The van der Waals surface area contributed by atoms with E-state index in [2.05, 4.69) is 26.6 Å². The van der Waals surface area contributed by atoms with E-state index < -0.39 is 0 Å². The molecule has 1 aromatic heterocycles. The fourth-order valence-corrected chi connectivity index (χ4v) is 4.21. The van der Waals surface area contributed by atoms with Gasteiger partial charge in [-0.1, -0.05) is 18.2 Å². The number of carbonyl (C=O) groups excluding carboxylic acids is 1. The van der Waals surface area contributed by atoms with Crippen molar-refractivity contribution >= 4 is 17.6 Å². The van der Waals surface area contributed by atoms with Crippen LogP contribution in [0, 0.1) is 0 Å². The number of carbonyl (C=O) groups is 1. The van der Waals surface area contributed by atoms with Crippen LogP contribution in [0.4, 0.5) is 5.69 Å². The molecule has 4 rings (SSSR count). The number of anilines is 1. The first-order chi connectivity index (χ1) is 14.3. The Labute approximate surface area is 171 Å². The highest BCUT2D eigenvalue weighted by molar-refractivity contribution is 5.98. The third-order valence-electron chi connectivity index (χ3n) is 5.73. The van der Waals surface area contributed by atoms with Crippen LogP contribution in [0.5, 0.6) is 0 Å². The average molecular weight is 396 g/mol. The number of nitrogens with zero attached hydrogens (tertiary/aromatic N) is 3. The van der Waals surface area contributed by atoms with Crippen molar-refractivity contribution in [2.75, 3.05) is 44.7 Å². The molecule has 3 heterocycles. The molecular formula is C22H29N5O2. The van der Waals surface area contributed by atoms with Crippen LogP contribution in [0.1, 0.15) is 30.2 Å². The number of para-hydroxylation sites is 1. The molecule has 1 unspecified atom stereocenters. The Morgan fingerprint density at radius 1 is 1.14 bits per heavy atom. The number of benzene rings is 1. The number of rotatable bonds is 6. The standard InChI is InChI=1S/C22H29N5O2/c1-23-22(24-15-19(20-9-6-14-29-20)26-11-4-5-12-26)25-16-21(28)27-13-10-17-7-2-3-8-18(17)27/h2-3,6-9,14,19H,4-5,10-13,15-16H2,1H3,(H2,23,24,25). The summed E-state index contributed by atoms with van der Waals surface area (Å²) in [7, 11) is 1.72. The maximum absolute atomic E-state index is 12.7. The van der Waals surface area contributed by atoms with Gasteiger partial charge in [0.2, 0.25) is 5.91 Å². The SMILES string of the molecule is CN=C(NCC(=O)N1CCc2ccccc21)NCC(c1ccco1)N1CCCC1. The minimum Gasteiger partial charge on any atom is -0.468 e. The summed E-state index contributed by atoms with van der Waals surface area (Å²) in [5, 5.41) is 6.53. The van der Waals surface area contributed by atoms with E-state index in [0.29, 0.717) is 12.5 Å². The largest absolute Gasteiger partial charge is 0.468 e. The molecule has 7 nitrogen and oxygen atoms in total. The molecule has 0 spiro atoms. The number of amides is 1. The summed E-state index contributed by atoms with van der Waals surface area (Å²) < 4.78 is 5.67. The van der Waals surface area contributed by atoms with E-state index in [0.717, 1.165) is 37.5 Å². The number of likely N-dealkylation sites (tertiary alicyclic amines) is 1. The molecule has 1 amide bonds. The van der Waals surface area contributed by atoms with Crippen LogP contribution < -0.4 is 15.5 Å². The first-order valence-corrected chi connectivity index (χ1v) is 10.4. The van der Waals surface area contributed by atoms with Crippen molar-refractivity contribution in [3.63, 3.8) is 0 Å². The van der Waals surface area contributed by atoms with E-state index in [4.69, 9.17) is 4.42 Å². The summed E-state index contributed by atoms with van der Waals surface area (Å²) in [6.07, 6.45) is 5.07. The fourth-order valence-electron chi connectivity index (χ4n) is 4.21. The topological polar surface area (TPSA) is 73.1 Å². The second-order valence-corrected chi connectivity index (χ2v) is 7.51. The van der Waals surface area contributed by atoms with Gasteiger partial charge in [0.05, 0.1) is 18.8 Å². The van der Waals surface area contributed by atoms with Crippen molar-refractivity contribution in [3.8, 4) is 0 Å². The van der Waals surface area contributed by atoms with Crippen LogP contribution in [0.3, 0.4) is 0 Å². The molecule has 1 fully saturated rings. The number of hydrogen-bond acceptors (Lipinski definition) is 4. The van der Waals surface area contributed by atoms with Crippen molar-refractivity contribution in [1.29, 1.82) is 0 Å². The van der Waals surface area contributed by atoms with Crippen LogP contribution in [-0.2, 0) is 11.2 Å². The predicted molar refractivity (Wildman–Crippen MR) is 114 cm³/mol. The maximum Gasteiger partial charge on any atom is 0.246 e. The van der Waals surface area contributed by atoms with Gasteiger partial charge in [-0.15, -0.1) is 0 Å². The van der Waals surface area contributed by atoms with Crippen LogP contribution >= 0.6 is 0 Å². The fraction of sp³-hybridized carbons (Fsp3) is 0.455. The van der Waals surface area contributed by atoms with Gasteiger partial charge in [0.25, 0.3) is 0 Å². The van der Waals surface area contributed by atoms with Crippen molar-refractivity contribution < 1.29 is 9.21 Å². The third-order valence-corrected chi connectivity index (χ3v) is 5.73. The third kappa shape index (κ3) is 4.45. The zero-order chi connectivity index (χ0) is 20.1. The molecule has 2 aromatic rings. The number of fused-ring (bicyclic) bond motifs is 1. The van der Waals surface area contributed by atoms with Gasteiger partial charge < -0.3 is 20.0 Å². The molecule has 1 saturated heterocycles. The molecule has 2 aliphatic rings. The summed E-state index contributed by atoms with van der Waals surface area (Å²) in [5.41, 5.74) is 2.25. The lowest BCUT2D eigenvalue weighted by atomic mass is 10.2. The molecule has 29 heavy (non-hydrogen) atoms. The minimum absolute atomic E-state index is 0.0556. The van der Waals surface area contributed by atoms with Crippen molar-refractivity contribution in [1.82, 2.24) is 15.5 Å². The lowest BCUT2D eigenvalue weighted by Crippen LogP contribution is -2.46. The minimum atomic E-state index is 0.0556. The van der Waals surface area contributed by atoms with Crippen LogP contribution in [0.15, 0.2) is 52.1 Å². The molecule has 154 valence electrons. The number of hydrogen-bond donors (Lipinski definition) is 2. The Bertz CT molecular complexity index is 843. The average Bonchev–Trinajstić information content (AvgIpc) is 3.52. The lowest BCUT2D eigenvalue weighted by Gasteiger charge is -2.27. The van der Waals surface area contributed by atoms with Gasteiger partial charge in [-0.3, -0.25) is 14.7 Å². The normalized spacial score (nSPS) is 18.0. The van der Waals surface area contributed by atoms with E-state index in [1.54, 1.807) is 13.3 Å². The Morgan fingerprint density at radius 2 is 1.97 bits per heavy atom. The van der Waals surface area contributed by atoms with Crippen molar-refractivity contribution in [3.05, 3.63) is 54.0 Å². The first kappa shape index (κ1) is 19.5. The number of aliphatic imine (C=N–C) groups is 1. The lowest BCUT2D eigenvalue weighted by molar-refractivity contribution is -0.117. The zero-order valence-corrected chi connectivity index (χ0v) is 16.9. The van der Waals surface area contributed by atoms with Gasteiger partial charge in [-0.05, 0) is 56.1 Å². The van der Waals surface area contributed by atoms with Gasteiger partial charge in [0.15, 0.2) is 5.96 Å². The highest BCUT2D eigenvalue weighted by atomic mass is 16.3. The van der Waals surface area contributed by atoms with Gasteiger partial charge in [0, 0.05) is 25.8 Å². The van der Waals surface area contributed by atoms with E-state index in [1.165, 1.54) is 18.4 Å². The summed E-state index contributed by atoms with van der Waals surface area (Å²) >= 11 is 0. The highest BCUT2D eigenvalue weighted by Crippen LogP contribution is 2.27. The number of furan rings is 1. The number of nitrogens with one attached hydrogen (secondary N) is 2. The predicted octanol–water partition coefficient (Wildman–Crippen LogP) is 2.17. The van der Waals surface area contributed by atoms with Gasteiger partial charge in [-0.2, -0.15) is 0 Å². The molecule has 0 saturated carbocycles. The first-order valence-electron chi connectivity index (χ1n) is 10.4. The molecule has 1 aromatic carbocycles. The Morgan fingerprint density at radius 3 is 2.72 bits per heavy atom. The Hall–Kier alpha value is -2.80. The van der Waals surface area contributed by atoms with Crippen LogP contribution in [0.2, 0.25) is 0 Å². The van der Waals surface area contributed by atoms with Crippen LogP contribution in [-0.4, -0.2) is 56.5 Å². The monoisotopic (exact) mass is 395 g/mol. The van der Waals surface area contributed by atoms with Gasteiger partial charge >= 0.3 is 0 Å². The van der Waals surface area contributed by atoms with E-state index >= 15 is 0 Å². The smallest absolute Gasteiger partial charge is 0.246 e. The Kier molecular flexibility index (Phi) is 6.14. The molecule has 0 bridgehead atoms.